The van der Waals surface area contributed by atoms with Crippen molar-refractivity contribution in [3.8, 4) is 0 Å². The number of hydrogen-bond acceptors (Lipinski definition) is 2. The Morgan fingerprint density at radius 3 is 1.89 bits per heavy atom. The van der Waals surface area contributed by atoms with E-state index in [9.17, 15) is 5.11 Å². The van der Waals surface area contributed by atoms with Crippen molar-refractivity contribution in [2.75, 3.05) is 0 Å². The lowest BCUT2D eigenvalue weighted by Gasteiger charge is -2.45. The number of ether oxygens (including phenoxy) is 1. The van der Waals surface area contributed by atoms with Crippen LogP contribution >= 0.6 is 0 Å². The van der Waals surface area contributed by atoms with Crippen molar-refractivity contribution in [2.24, 2.45) is 0 Å². The summed E-state index contributed by atoms with van der Waals surface area (Å²) in [6, 6.07) is 22.5. The van der Waals surface area contributed by atoms with Gasteiger partial charge in [-0.1, -0.05) is 105 Å². The Balaban J connectivity index is 2.08. The van der Waals surface area contributed by atoms with Crippen molar-refractivity contribution in [1.29, 1.82) is 0 Å². The highest BCUT2D eigenvalue weighted by Gasteiger charge is 2.58. The second-order valence-corrected chi connectivity index (χ2v) is 14.1. The fourth-order valence-electron chi connectivity index (χ4n) is 4.79. The molecule has 3 rings (SSSR count). The summed E-state index contributed by atoms with van der Waals surface area (Å²) in [4.78, 5) is 0. The van der Waals surface area contributed by atoms with Crippen LogP contribution < -0.4 is 10.4 Å². The number of rotatable bonds is 7. The van der Waals surface area contributed by atoms with E-state index in [0.717, 1.165) is 18.0 Å². The molecule has 3 heteroatoms. The van der Waals surface area contributed by atoms with Gasteiger partial charge in [-0.2, -0.15) is 0 Å². The summed E-state index contributed by atoms with van der Waals surface area (Å²) < 4.78 is 5.85. The van der Waals surface area contributed by atoms with Gasteiger partial charge in [-0.15, -0.1) is 0 Å². The highest BCUT2D eigenvalue weighted by Crippen LogP contribution is 2.46. The quantitative estimate of drug-likeness (QED) is 0.425. The van der Waals surface area contributed by atoms with Gasteiger partial charge in [0.2, 0.25) is 0 Å². The second-order valence-electron chi connectivity index (χ2n) is 9.32. The SMILES string of the molecule is C=C(C[Si](c1ccccc1)(c1ccccc1)C(C)(C)C)[C@@H](O)[C@@]1(C)O[C@@H]1CC. The van der Waals surface area contributed by atoms with Crippen molar-refractivity contribution in [2.45, 2.75) is 69.9 Å². The topological polar surface area (TPSA) is 32.8 Å². The van der Waals surface area contributed by atoms with Crippen LogP contribution in [0.3, 0.4) is 0 Å². The molecule has 1 aliphatic heterocycles. The standard InChI is InChI=1S/C25H34O2Si/c1-7-22-25(6,27-22)23(26)19(2)18-28(24(3,4)5,20-14-10-8-11-15-20)21-16-12-9-13-17-21/h8-17,22-23,26H,2,7,18H2,1,3-6H3/t22-,23-,25+/m1/s1. The molecule has 28 heavy (non-hydrogen) atoms. The fourth-order valence-corrected chi connectivity index (χ4v) is 10.2. The van der Waals surface area contributed by atoms with E-state index in [0.29, 0.717) is 0 Å². The summed E-state index contributed by atoms with van der Waals surface area (Å²) in [7, 11) is -2.27. The lowest BCUT2D eigenvalue weighted by atomic mass is 9.94. The Bertz CT molecular complexity index is 770. The zero-order valence-electron chi connectivity index (χ0n) is 17.9. The van der Waals surface area contributed by atoms with E-state index in [2.05, 4.69) is 94.9 Å². The first-order chi connectivity index (χ1) is 13.2. The van der Waals surface area contributed by atoms with Gasteiger partial charge in [0, 0.05) is 0 Å². The third-order valence-electron chi connectivity index (χ3n) is 6.58. The number of aliphatic hydroxyl groups excluding tert-OH is 1. The summed E-state index contributed by atoms with van der Waals surface area (Å²) in [5.41, 5.74) is 0.407. The predicted molar refractivity (Wildman–Crippen MR) is 121 cm³/mol. The molecule has 0 unspecified atom stereocenters. The van der Waals surface area contributed by atoms with Gasteiger partial charge in [0.15, 0.2) is 0 Å². The molecule has 1 fully saturated rings. The van der Waals surface area contributed by atoms with Gasteiger partial charge in [0.05, 0.1) is 6.10 Å². The highest BCUT2D eigenvalue weighted by molar-refractivity contribution is 7.04. The molecule has 0 spiro atoms. The maximum absolute atomic E-state index is 11.1. The van der Waals surface area contributed by atoms with E-state index in [-0.39, 0.29) is 11.1 Å². The van der Waals surface area contributed by atoms with Gasteiger partial charge in [-0.25, -0.2) is 0 Å². The van der Waals surface area contributed by atoms with Gasteiger partial charge in [-0.3, -0.25) is 0 Å². The number of epoxide rings is 1. The largest absolute Gasteiger partial charge is 0.386 e. The number of hydrogen-bond donors (Lipinski definition) is 1. The van der Waals surface area contributed by atoms with Gasteiger partial charge in [-0.05, 0) is 30.0 Å². The van der Waals surface area contributed by atoms with E-state index < -0.39 is 19.8 Å². The molecule has 0 amide bonds. The molecule has 2 aromatic carbocycles. The molecule has 1 aliphatic rings. The smallest absolute Gasteiger partial charge is 0.127 e. The molecule has 1 saturated heterocycles. The minimum absolute atomic E-state index is 0.0494. The molecule has 150 valence electrons. The zero-order chi connectivity index (χ0) is 20.6. The van der Waals surface area contributed by atoms with Crippen LogP contribution in [0.4, 0.5) is 0 Å². The Hall–Kier alpha value is -1.68. The van der Waals surface area contributed by atoms with Crippen LogP contribution in [0.1, 0.15) is 41.0 Å². The first kappa shape index (κ1) is 21.0. The van der Waals surface area contributed by atoms with E-state index in [1.165, 1.54) is 10.4 Å². The van der Waals surface area contributed by atoms with Gasteiger partial charge >= 0.3 is 0 Å². The number of aliphatic hydroxyl groups is 1. The van der Waals surface area contributed by atoms with Crippen LogP contribution in [0.5, 0.6) is 0 Å². The minimum atomic E-state index is -2.27. The summed E-state index contributed by atoms with van der Waals surface area (Å²) in [6.07, 6.45) is 0.401. The second kappa shape index (κ2) is 7.62. The molecule has 3 atom stereocenters. The Labute approximate surface area is 171 Å². The molecular weight excluding hydrogens is 360 g/mol. The highest BCUT2D eigenvalue weighted by atomic mass is 28.3. The predicted octanol–water partition coefficient (Wildman–Crippen LogP) is 4.53. The molecule has 2 aromatic rings. The number of benzene rings is 2. The molecule has 1 heterocycles. The molecule has 0 radical (unpaired) electrons. The van der Waals surface area contributed by atoms with Gasteiger partial charge < -0.3 is 9.84 Å². The molecule has 0 aromatic heterocycles. The summed E-state index contributed by atoms with van der Waals surface area (Å²) >= 11 is 0. The maximum Gasteiger partial charge on any atom is 0.127 e. The average molecular weight is 395 g/mol. The summed E-state index contributed by atoms with van der Waals surface area (Å²) in [6.45, 7) is 15.5. The van der Waals surface area contributed by atoms with E-state index >= 15 is 0 Å². The summed E-state index contributed by atoms with van der Waals surface area (Å²) in [5.74, 6) is 0. The van der Waals surface area contributed by atoms with Crippen molar-refractivity contribution in [3.63, 3.8) is 0 Å². The molecule has 0 saturated carbocycles. The monoisotopic (exact) mass is 394 g/mol. The van der Waals surface area contributed by atoms with Crippen LogP contribution in [0.15, 0.2) is 72.8 Å². The van der Waals surface area contributed by atoms with Crippen molar-refractivity contribution >= 4 is 18.4 Å². The van der Waals surface area contributed by atoms with E-state index in [1.54, 1.807) is 0 Å². The third-order valence-corrected chi connectivity index (χ3v) is 12.8. The van der Waals surface area contributed by atoms with Crippen LogP contribution in [0, 0.1) is 0 Å². The minimum Gasteiger partial charge on any atom is -0.386 e. The van der Waals surface area contributed by atoms with Gasteiger partial charge in [0.25, 0.3) is 0 Å². The lowest BCUT2D eigenvalue weighted by Crippen LogP contribution is -2.64. The van der Waals surface area contributed by atoms with Crippen LogP contribution in [0.2, 0.25) is 11.1 Å². The Morgan fingerprint density at radius 1 is 1.07 bits per heavy atom. The molecule has 2 nitrogen and oxygen atoms in total. The van der Waals surface area contributed by atoms with Crippen molar-refractivity contribution in [1.82, 2.24) is 0 Å². The van der Waals surface area contributed by atoms with Crippen molar-refractivity contribution in [3.05, 3.63) is 72.8 Å². The first-order valence-corrected chi connectivity index (χ1v) is 12.5. The lowest BCUT2D eigenvalue weighted by molar-refractivity contribution is 0.114. The molecule has 0 bridgehead atoms. The third kappa shape index (κ3) is 3.52. The van der Waals surface area contributed by atoms with Crippen LogP contribution in [0.25, 0.3) is 0 Å². The maximum atomic E-state index is 11.1. The van der Waals surface area contributed by atoms with Crippen molar-refractivity contribution < 1.29 is 9.84 Å². The molecule has 0 aliphatic carbocycles. The van der Waals surface area contributed by atoms with Crippen LogP contribution in [-0.2, 0) is 4.74 Å². The Morgan fingerprint density at radius 2 is 1.54 bits per heavy atom. The van der Waals surface area contributed by atoms with E-state index in [1.807, 2.05) is 6.92 Å². The summed E-state index contributed by atoms with van der Waals surface area (Å²) in [5, 5.41) is 14.0. The van der Waals surface area contributed by atoms with E-state index in [4.69, 9.17) is 4.74 Å². The average Bonchev–Trinajstić information content (AvgIpc) is 3.37. The van der Waals surface area contributed by atoms with Crippen LogP contribution in [-0.4, -0.2) is 31.0 Å². The zero-order valence-corrected chi connectivity index (χ0v) is 18.9. The molecule has 1 N–H and O–H groups in total. The normalized spacial score (nSPS) is 23.3. The fraction of sp³-hybridized carbons (Fsp3) is 0.440. The van der Waals surface area contributed by atoms with Gasteiger partial charge in [0.1, 0.15) is 19.8 Å². The molecular formula is C25H34O2Si. The Kier molecular flexibility index (Phi) is 5.73. The first-order valence-electron chi connectivity index (χ1n) is 10.3.